The van der Waals surface area contributed by atoms with E-state index in [2.05, 4.69) is 77.4 Å². The van der Waals surface area contributed by atoms with Crippen LogP contribution in [0.4, 0.5) is 5.69 Å². The number of halogens is 1. The molecule has 0 unspecified atom stereocenters. The molecule has 1 aromatic heterocycles. The van der Waals surface area contributed by atoms with E-state index in [1.807, 2.05) is 12.1 Å². The van der Waals surface area contributed by atoms with Crippen molar-refractivity contribution in [3.05, 3.63) is 53.6 Å². The van der Waals surface area contributed by atoms with E-state index in [1.54, 1.807) is 0 Å². The van der Waals surface area contributed by atoms with Gasteiger partial charge < -0.3 is 9.84 Å². The fraction of sp³-hybridized carbons (Fsp3) is 0.474. The molecule has 4 nitrogen and oxygen atoms in total. The van der Waals surface area contributed by atoms with Crippen molar-refractivity contribution in [2.45, 2.75) is 51.9 Å². The number of aryl methyl sites for hydroxylation is 1. The molecule has 0 spiro atoms. The summed E-state index contributed by atoms with van der Waals surface area (Å²) in [5.74, 6) is 1.55. The minimum atomic E-state index is -0.0460. The summed E-state index contributed by atoms with van der Waals surface area (Å²) < 4.78 is 6.40. The lowest BCUT2D eigenvalue weighted by molar-refractivity contribution is 0.359. The third kappa shape index (κ3) is 7.30. The Morgan fingerprint density at radius 2 is 1.92 bits per heavy atom. The molecule has 24 heavy (non-hydrogen) atoms. The Hall–Kier alpha value is -1.62. The highest BCUT2D eigenvalue weighted by Gasteiger charge is 2.20. The highest BCUT2D eigenvalue weighted by molar-refractivity contribution is 9.10. The van der Waals surface area contributed by atoms with Crippen molar-refractivity contribution in [2.75, 3.05) is 11.9 Å². The number of benzene rings is 1. The Bertz CT molecular complexity index is 605. The summed E-state index contributed by atoms with van der Waals surface area (Å²) in [5.41, 5.74) is 1.11. The molecule has 1 N–H and O–H groups in total. The van der Waals surface area contributed by atoms with E-state index in [9.17, 15) is 0 Å². The van der Waals surface area contributed by atoms with Gasteiger partial charge in [0.15, 0.2) is 5.82 Å². The van der Waals surface area contributed by atoms with E-state index in [0.29, 0.717) is 0 Å². The molecule has 0 atom stereocenters. The SMILES string of the molecule is C=C.CC(C)(C)c1noc(CCCCCNc2cccc(Br)c2)n1. The van der Waals surface area contributed by atoms with Gasteiger partial charge in [-0.05, 0) is 31.0 Å². The second kappa shape index (κ2) is 10.3. The van der Waals surface area contributed by atoms with Gasteiger partial charge in [-0.25, -0.2) is 0 Å². The highest BCUT2D eigenvalue weighted by atomic mass is 79.9. The second-order valence-corrected chi connectivity index (χ2v) is 7.43. The lowest BCUT2D eigenvalue weighted by Gasteiger charge is -2.10. The van der Waals surface area contributed by atoms with Gasteiger partial charge in [0, 0.05) is 28.5 Å². The number of aromatic nitrogens is 2. The predicted molar refractivity (Wildman–Crippen MR) is 104 cm³/mol. The summed E-state index contributed by atoms with van der Waals surface area (Å²) in [5, 5.41) is 7.47. The van der Waals surface area contributed by atoms with Gasteiger partial charge in [-0.3, -0.25) is 0 Å². The summed E-state index contributed by atoms with van der Waals surface area (Å²) in [4.78, 5) is 4.46. The van der Waals surface area contributed by atoms with Crippen molar-refractivity contribution in [1.29, 1.82) is 0 Å². The molecule has 0 saturated carbocycles. The number of hydrogen-bond acceptors (Lipinski definition) is 4. The average Bonchev–Trinajstić information content (AvgIpc) is 3.02. The molecule has 0 fully saturated rings. The summed E-state index contributed by atoms with van der Waals surface area (Å²) in [7, 11) is 0. The fourth-order valence-corrected chi connectivity index (χ4v) is 2.47. The van der Waals surface area contributed by atoms with Crippen LogP contribution in [0.3, 0.4) is 0 Å². The molecule has 0 saturated heterocycles. The average molecular weight is 394 g/mol. The Balaban J connectivity index is 0.00000139. The maximum absolute atomic E-state index is 5.30. The van der Waals surface area contributed by atoms with Crippen molar-refractivity contribution in [3.8, 4) is 0 Å². The predicted octanol–water partition coefficient (Wildman–Crippen LogP) is 5.76. The van der Waals surface area contributed by atoms with Crippen LogP contribution in [-0.2, 0) is 11.8 Å². The van der Waals surface area contributed by atoms with Crippen LogP contribution in [0.1, 0.15) is 51.7 Å². The molecule has 1 aromatic carbocycles. The van der Waals surface area contributed by atoms with Crippen molar-refractivity contribution in [3.63, 3.8) is 0 Å². The fourth-order valence-electron chi connectivity index (χ4n) is 2.07. The zero-order chi connectivity index (χ0) is 18.0. The zero-order valence-corrected chi connectivity index (χ0v) is 16.5. The van der Waals surface area contributed by atoms with E-state index in [4.69, 9.17) is 4.52 Å². The van der Waals surface area contributed by atoms with Gasteiger partial charge in [-0.15, -0.1) is 13.2 Å². The van der Waals surface area contributed by atoms with Crippen LogP contribution >= 0.6 is 15.9 Å². The first kappa shape index (κ1) is 20.4. The van der Waals surface area contributed by atoms with Gasteiger partial charge >= 0.3 is 0 Å². The largest absolute Gasteiger partial charge is 0.385 e. The maximum atomic E-state index is 5.30. The smallest absolute Gasteiger partial charge is 0.226 e. The molecule has 1 heterocycles. The monoisotopic (exact) mass is 393 g/mol. The molecule has 0 amide bonds. The zero-order valence-electron chi connectivity index (χ0n) is 14.9. The molecule has 0 aliphatic rings. The van der Waals surface area contributed by atoms with Crippen molar-refractivity contribution in [1.82, 2.24) is 10.1 Å². The van der Waals surface area contributed by atoms with Gasteiger partial charge in [-0.2, -0.15) is 4.98 Å². The molecule has 132 valence electrons. The lowest BCUT2D eigenvalue weighted by atomic mass is 9.96. The third-order valence-corrected chi connectivity index (χ3v) is 3.85. The molecule has 0 aliphatic carbocycles. The standard InChI is InChI=1S/C17H24BrN3O.C2H4/c1-17(2,3)16-20-15(22-21-16)10-5-4-6-11-19-14-9-7-8-13(18)12-14;1-2/h7-9,12,19H,4-6,10-11H2,1-3H3;1-2H2. The molecular formula is C19H28BrN3O. The second-order valence-electron chi connectivity index (χ2n) is 6.51. The normalized spacial score (nSPS) is 10.8. The lowest BCUT2D eigenvalue weighted by Crippen LogP contribution is -2.13. The molecule has 2 aromatic rings. The third-order valence-electron chi connectivity index (χ3n) is 3.36. The maximum Gasteiger partial charge on any atom is 0.226 e. The highest BCUT2D eigenvalue weighted by Crippen LogP contribution is 2.19. The number of nitrogens with zero attached hydrogens (tertiary/aromatic N) is 2. The molecule has 0 aliphatic heterocycles. The van der Waals surface area contributed by atoms with Gasteiger partial charge in [0.25, 0.3) is 0 Å². The van der Waals surface area contributed by atoms with Crippen LogP contribution in [-0.4, -0.2) is 16.7 Å². The first-order valence-corrected chi connectivity index (χ1v) is 9.07. The summed E-state index contributed by atoms with van der Waals surface area (Å²) in [6.45, 7) is 13.3. The van der Waals surface area contributed by atoms with E-state index >= 15 is 0 Å². The summed E-state index contributed by atoms with van der Waals surface area (Å²) in [6, 6.07) is 8.24. The summed E-state index contributed by atoms with van der Waals surface area (Å²) in [6.07, 6.45) is 4.22. The Morgan fingerprint density at radius 1 is 1.17 bits per heavy atom. The van der Waals surface area contributed by atoms with Gasteiger partial charge in [0.05, 0.1) is 0 Å². The van der Waals surface area contributed by atoms with Crippen LogP contribution in [0.2, 0.25) is 0 Å². The molecule has 0 bridgehead atoms. The molecule has 0 radical (unpaired) electrons. The minimum absolute atomic E-state index is 0.0460. The Labute approximate surface area is 153 Å². The van der Waals surface area contributed by atoms with Crippen LogP contribution in [0.25, 0.3) is 0 Å². The summed E-state index contributed by atoms with van der Waals surface area (Å²) >= 11 is 3.47. The number of anilines is 1. The van der Waals surface area contributed by atoms with E-state index < -0.39 is 0 Å². The molecule has 2 rings (SSSR count). The molecule has 5 heteroatoms. The van der Waals surface area contributed by atoms with Crippen LogP contribution in [0.15, 0.2) is 46.4 Å². The van der Waals surface area contributed by atoms with Gasteiger partial charge in [0.2, 0.25) is 5.89 Å². The van der Waals surface area contributed by atoms with Gasteiger partial charge in [-0.1, -0.05) is 54.3 Å². The number of nitrogens with one attached hydrogen (secondary N) is 1. The van der Waals surface area contributed by atoms with Gasteiger partial charge in [0.1, 0.15) is 0 Å². The number of hydrogen-bond donors (Lipinski definition) is 1. The van der Waals surface area contributed by atoms with Crippen LogP contribution in [0.5, 0.6) is 0 Å². The van der Waals surface area contributed by atoms with Crippen LogP contribution in [0, 0.1) is 0 Å². The van der Waals surface area contributed by atoms with Crippen molar-refractivity contribution in [2.24, 2.45) is 0 Å². The number of rotatable bonds is 7. The number of unbranched alkanes of at least 4 members (excludes halogenated alkanes) is 2. The minimum Gasteiger partial charge on any atom is -0.385 e. The van der Waals surface area contributed by atoms with E-state index in [1.165, 1.54) is 0 Å². The first-order valence-electron chi connectivity index (χ1n) is 8.27. The first-order chi connectivity index (χ1) is 11.4. The Morgan fingerprint density at radius 3 is 2.54 bits per heavy atom. The van der Waals surface area contributed by atoms with Crippen molar-refractivity contribution < 1.29 is 4.52 Å². The molecular weight excluding hydrogens is 366 g/mol. The Kier molecular flexibility index (Phi) is 8.76. The topological polar surface area (TPSA) is 51.0 Å². The quantitative estimate of drug-likeness (QED) is 0.479. The van der Waals surface area contributed by atoms with Crippen molar-refractivity contribution >= 4 is 21.6 Å². The van der Waals surface area contributed by atoms with E-state index in [0.717, 1.165) is 54.1 Å². The van der Waals surface area contributed by atoms with Crippen LogP contribution < -0.4 is 5.32 Å². The van der Waals surface area contributed by atoms with E-state index in [-0.39, 0.29) is 5.41 Å².